The lowest BCUT2D eigenvalue weighted by molar-refractivity contribution is 0.104. The van der Waals surface area contributed by atoms with E-state index in [4.69, 9.17) is 4.74 Å². The van der Waals surface area contributed by atoms with Crippen molar-refractivity contribution < 1.29 is 9.53 Å². The Morgan fingerprint density at radius 2 is 2.11 bits per heavy atom. The molecule has 7 heteroatoms. The summed E-state index contributed by atoms with van der Waals surface area (Å²) < 4.78 is 10.0. The third-order valence-electron chi connectivity index (χ3n) is 4.33. The van der Waals surface area contributed by atoms with E-state index in [0.29, 0.717) is 12.1 Å². The van der Waals surface area contributed by atoms with Crippen molar-refractivity contribution in [1.29, 1.82) is 0 Å². The lowest BCUT2D eigenvalue weighted by atomic mass is 10.1. The highest BCUT2D eigenvalue weighted by atomic mass is 79.9. The summed E-state index contributed by atoms with van der Waals surface area (Å²) in [6.07, 6.45) is 8.67. The van der Waals surface area contributed by atoms with E-state index in [2.05, 4.69) is 26.1 Å². The average Bonchev–Trinajstić information content (AvgIpc) is 3.25. The van der Waals surface area contributed by atoms with Crippen LogP contribution in [0.4, 0.5) is 0 Å². The number of ether oxygens (including phenoxy) is 1. The van der Waals surface area contributed by atoms with Gasteiger partial charge >= 0.3 is 0 Å². The molecule has 2 aromatic heterocycles. The Hall–Kier alpha value is -2.67. The van der Waals surface area contributed by atoms with Gasteiger partial charge in [0.25, 0.3) is 0 Å². The van der Waals surface area contributed by atoms with Crippen molar-refractivity contribution in [2.24, 2.45) is 0 Å². The van der Waals surface area contributed by atoms with Crippen LogP contribution in [0.2, 0.25) is 0 Å². The lowest BCUT2D eigenvalue weighted by Crippen LogP contribution is -2.03. The monoisotopic (exact) mass is 428 g/mol. The highest BCUT2D eigenvalue weighted by Crippen LogP contribution is 2.22. The minimum absolute atomic E-state index is 0.0550. The van der Waals surface area contributed by atoms with Crippen LogP contribution in [-0.2, 0) is 13.1 Å². The minimum Gasteiger partial charge on any atom is -0.496 e. The fourth-order valence-corrected chi connectivity index (χ4v) is 3.22. The molecular weight excluding hydrogens is 408 g/mol. The number of ketones is 1. The van der Waals surface area contributed by atoms with Crippen LogP contribution in [0.3, 0.4) is 0 Å². The van der Waals surface area contributed by atoms with Gasteiger partial charge in [-0.15, -0.1) is 0 Å². The van der Waals surface area contributed by atoms with E-state index in [1.807, 2.05) is 53.7 Å². The van der Waals surface area contributed by atoms with Gasteiger partial charge in [0.15, 0.2) is 5.78 Å². The number of allylic oxidation sites excluding steroid dienone is 1. The number of rotatable bonds is 7. The molecule has 3 rings (SSSR count). The van der Waals surface area contributed by atoms with Crippen molar-refractivity contribution in [2.75, 3.05) is 7.11 Å². The highest BCUT2D eigenvalue weighted by molar-refractivity contribution is 9.10. The van der Waals surface area contributed by atoms with Crippen LogP contribution in [-0.4, -0.2) is 32.5 Å². The van der Waals surface area contributed by atoms with E-state index in [1.54, 1.807) is 25.6 Å². The molecule has 0 aliphatic heterocycles. The minimum atomic E-state index is -0.0550. The van der Waals surface area contributed by atoms with Gasteiger partial charge in [-0.3, -0.25) is 14.2 Å². The van der Waals surface area contributed by atoms with E-state index in [9.17, 15) is 4.79 Å². The number of methoxy groups -OCH3 is 1. The van der Waals surface area contributed by atoms with Gasteiger partial charge in [0, 0.05) is 24.0 Å². The molecule has 0 N–H and O–H groups in total. The van der Waals surface area contributed by atoms with E-state index < -0.39 is 0 Å². The van der Waals surface area contributed by atoms with Crippen molar-refractivity contribution in [3.05, 3.63) is 69.7 Å². The molecule has 0 radical (unpaired) electrons. The largest absolute Gasteiger partial charge is 0.496 e. The third-order valence-corrected chi connectivity index (χ3v) is 4.74. The van der Waals surface area contributed by atoms with E-state index in [-0.39, 0.29) is 5.78 Å². The van der Waals surface area contributed by atoms with Crippen LogP contribution < -0.4 is 4.74 Å². The first-order valence-corrected chi connectivity index (χ1v) is 9.40. The van der Waals surface area contributed by atoms with Gasteiger partial charge in [0.1, 0.15) is 5.75 Å². The number of benzene rings is 1. The molecule has 1 aromatic carbocycles. The van der Waals surface area contributed by atoms with E-state index in [0.717, 1.165) is 33.6 Å². The predicted octanol–water partition coefficient (Wildman–Crippen LogP) is 4.12. The maximum absolute atomic E-state index is 12.5. The topological polar surface area (TPSA) is 61.9 Å². The second kappa shape index (κ2) is 8.35. The summed E-state index contributed by atoms with van der Waals surface area (Å²) in [5.74, 6) is 0.728. The molecule has 3 aromatic rings. The van der Waals surface area contributed by atoms with Crippen LogP contribution in [0.15, 0.2) is 47.3 Å². The van der Waals surface area contributed by atoms with Crippen molar-refractivity contribution in [3.63, 3.8) is 0 Å². The van der Waals surface area contributed by atoms with Crippen LogP contribution in [0, 0.1) is 6.92 Å². The Morgan fingerprint density at radius 1 is 1.30 bits per heavy atom. The first kappa shape index (κ1) is 19.1. The van der Waals surface area contributed by atoms with Crippen LogP contribution in [0.25, 0.3) is 6.08 Å². The quantitative estimate of drug-likeness (QED) is 0.419. The van der Waals surface area contributed by atoms with Crippen LogP contribution >= 0.6 is 15.9 Å². The van der Waals surface area contributed by atoms with Gasteiger partial charge < -0.3 is 4.74 Å². The molecule has 0 bridgehead atoms. The molecule has 6 nitrogen and oxygen atoms in total. The molecule has 0 aliphatic rings. The predicted molar refractivity (Wildman–Crippen MR) is 108 cm³/mol. The molecule has 0 unspecified atom stereocenters. The van der Waals surface area contributed by atoms with Gasteiger partial charge in [-0.1, -0.05) is 12.1 Å². The number of aromatic nitrogens is 4. The maximum Gasteiger partial charge on any atom is 0.189 e. The SMILES string of the molecule is CCn1ncc(C(=O)/C=C/c2ccc(OC)c(Cn3cc(Br)cn3)c2)c1C. The summed E-state index contributed by atoms with van der Waals surface area (Å²) in [6.45, 7) is 5.23. The molecular formula is C20H21BrN4O2. The zero-order chi connectivity index (χ0) is 19.4. The second-order valence-corrected chi connectivity index (χ2v) is 7.00. The number of nitrogens with zero attached hydrogens (tertiary/aromatic N) is 4. The normalized spacial score (nSPS) is 11.3. The lowest BCUT2D eigenvalue weighted by Gasteiger charge is -2.09. The van der Waals surface area contributed by atoms with Gasteiger partial charge in [-0.05, 0) is 53.5 Å². The van der Waals surface area contributed by atoms with Crippen molar-refractivity contribution >= 4 is 27.8 Å². The Bertz CT molecular complexity index is 988. The summed E-state index contributed by atoms with van der Waals surface area (Å²) in [6, 6.07) is 5.83. The van der Waals surface area contributed by atoms with E-state index >= 15 is 0 Å². The number of hydrogen-bond acceptors (Lipinski definition) is 4. The Kier molecular flexibility index (Phi) is 5.91. The molecule has 27 heavy (non-hydrogen) atoms. The average molecular weight is 429 g/mol. The first-order valence-electron chi connectivity index (χ1n) is 8.61. The Morgan fingerprint density at radius 3 is 2.74 bits per heavy atom. The van der Waals surface area contributed by atoms with Crippen molar-refractivity contribution in [1.82, 2.24) is 19.6 Å². The van der Waals surface area contributed by atoms with Crippen LogP contribution in [0.1, 0.15) is 34.1 Å². The summed E-state index contributed by atoms with van der Waals surface area (Å²) in [4.78, 5) is 12.5. The molecule has 0 amide bonds. The molecule has 0 saturated carbocycles. The fraction of sp³-hybridized carbons (Fsp3) is 0.250. The highest BCUT2D eigenvalue weighted by Gasteiger charge is 2.11. The number of carbonyl (C=O) groups is 1. The number of carbonyl (C=O) groups excluding carboxylic acids is 1. The zero-order valence-electron chi connectivity index (χ0n) is 15.5. The number of halogens is 1. The van der Waals surface area contributed by atoms with Gasteiger partial charge in [-0.2, -0.15) is 10.2 Å². The molecule has 2 heterocycles. The molecule has 0 aliphatic carbocycles. The summed E-state index contributed by atoms with van der Waals surface area (Å²) in [5.41, 5.74) is 3.42. The summed E-state index contributed by atoms with van der Waals surface area (Å²) in [7, 11) is 1.64. The van der Waals surface area contributed by atoms with Crippen LogP contribution in [0.5, 0.6) is 5.75 Å². The zero-order valence-corrected chi connectivity index (χ0v) is 17.1. The van der Waals surface area contributed by atoms with Gasteiger partial charge in [0.2, 0.25) is 0 Å². The summed E-state index contributed by atoms with van der Waals surface area (Å²) >= 11 is 3.40. The van der Waals surface area contributed by atoms with Crippen molar-refractivity contribution in [3.8, 4) is 5.75 Å². The van der Waals surface area contributed by atoms with Gasteiger partial charge in [0.05, 0.1) is 36.1 Å². The molecule has 0 fully saturated rings. The third kappa shape index (κ3) is 4.36. The Labute approximate surface area is 166 Å². The smallest absolute Gasteiger partial charge is 0.189 e. The standard InChI is InChI=1S/C20H21BrN4O2/c1-4-25-14(2)18(11-23-25)19(26)7-5-15-6-8-20(27-3)16(9-15)12-24-13-17(21)10-22-24/h5-11,13H,4,12H2,1-3H3/b7-5+. The Balaban J connectivity index is 1.81. The molecule has 0 atom stereocenters. The van der Waals surface area contributed by atoms with Gasteiger partial charge in [-0.25, -0.2) is 0 Å². The maximum atomic E-state index is 12.5. The summed E-state index contributed by atoms with van der Waals surface area (Å²) in [5, 5.41) is 8.51. The second-order valence-electron chi connectivity index (χ2n) is 6.08. The number of aryl methyl sites for hydroxylation is 1. The fourth-order valence-electron chi connectivity index (χ4n) is 2.89. The van der Waals surface area contributed by atoms with E-state index in [1.165, 1.54) is 0 Å². The first-order chi connectivity index (χ1) is 13.0. The molecule has 0 spiro atoms. The van der Waals surface area contributed by atoms with Crippen molar-refractivity contribution in [2.45, 2.75) is 26.9 Å². The number of hydrogen-bond donors (Lipinski definition) is 0. The molecule has 0 saturated heterocycles. The molecule has 140 valence electrons.